The molecule has 0 spiro atoms. The number of methoxy groups -OCH3 is 2. The van der Waals surface area contributed by atoms with Gasteiger partial charge in [0.15, 0.2) is 17.3 Å². The third-order valence-electron chi connectivity index (χ3n) is 6.31. The molecule has 1 aliphatic carbocycles. The van der Waals surface area contributed by atoms with Crippen LogP contribution < -0.4 is 14.8 Å². The average molecular weight is 450 g/mol. The van der Waals surface area contributed by atoms with Gasteiger partial charge in [-0.1, -0.05) is 36.4 Å². The first-order chi connectivity index (χ1) is 16.0. The molecule has 4 rings (SSSR count). The second kappa shape index (κ2) is 9.48. The average Bonchev–Trinajstić information content (AvgIpc) is 2.83. The van der Waals surface area contributed by atoms with Crippen molar-refractivity contribution in [1.29, 1.82) is 0 Å². The summed E-state index contributed by atoms with van der Waals surface area (Å²) >= 11 is 0. The summed E-state index contributed by atoms with van der Waals surface area (Å²) < 4.78 is 16.1. The Labute approximate surface area is 192 Å². The highest BCUT2D eigenvalue weighted by Crippen LogP contribution is 2.46. The van der Waals surface area contributed by atoms with E-state index in [1.54, 1.807) is 26.2 Å². The quantitative estimate of drug-likeness (QED) is 0.536. The molecule has 0 saturated heterocycles. The molecule has 7 nitrogen and oxygen atoms in total. The van der Waals surface area contributed by atoms with Crippen molar-refractivity contribution in [2.24, 2.45) is 5.92 Å². The van der Waals surface area contributed by atoms with Gasteiger partial charge in [-0.25, -0.2) is 0 Å². The second-order valence-corrected chi connectivity index (χ2v) is 8.13. The van der Waals surface area contributed by atoms with Gasteiger partial charge in [-0.2, -0.15) is 0 Å². The molecule has 2 aromatic rings. The van der Waals surface area contributed by atoms with Crippen molar-refractivity contribution in [2.75, 3.05) is 20.8 Å². The summed E-state index contributed by atoms with van der Waals surface area (Å²) in [5.74, 6) is -1.81. The van der Waals surface area contributed by atoms with E-state index in [2.05, 4.69) is 5.32 Å². The van der Waals surface area contributed by atoms with Crippen molar-refractivity contribution in [3.8, 4) is 11.5 Å². The molecule has 0 aromatic heterocycles. The van der Waals surface area contributed by atoms with E-state index < -0.39 is 23.7 Å². The summed E-state index contributed by atoms with van der Waals surface area (Å²) in [4.78, 5) is 39.5. The number of hydrogen-bond acceptors (Lipinski definition) is 6. The minimum atomic E-state index is -0.969. The topological polar surface area (TPSA) is 90.9 Å². The fraction of sp³-hybridized carbons (Fsp3) is 0.346. The number of Topliss-reactive ketones (excluding diaryl/α,β-unsaturated/α-hetero) is 1. The van der Waals surface area contributed by atoms with Crippen LogP contribution in [0.2, 0.25) is 0 Å². The Morgan fingerprint density at radius 3 is 2.36 bits per heavy atom. The number of carbonyl (C=O) groups is 3. The monoisotopic (exact) mass is 449 g/mol. The Bertz CT molecular complexity index is 1110. The minimum Gasteiger partial charge on any atom is -0.493 e. The smallest absolute Gasteiger partial charge is 0.317 e. The number of hydrogen-bond donors (Lipinski definition) is 1. The molecule has 0 radical (unpaired) electrons. The Morgan fingerprint density at radius 1 is 0.970 bits per heavy atom. The van der Waals surface area contributed by atoms with Gasteiger partial charge in [0.25, 0.3) is 0 Å². The van der Waals surface area contributed by atoms with Gasteiger partial charge in [0.2, 0.25) is 5.91 Å². The lowest BCUT2D eigenvalue weighted by molar-refractivity contribution is -0.152. The molecule has 1 heterocycles. The molecule has 1 N–H and O–H groups in total. The highest BCUT2D eigenvalue weighted by Gasteiger charge is 2.47. The number of esters is 1. The molecule has 1 amide bonds. The normalized spacial score (nSPS) is 22.3. The van der Waals surface area contributed by atoms with E-state index in [1.807, 2.05) is 36.4 Å². The molecule has 3 atom stereocenters. The van der Waals surface area contributed by atoms with E-state index in [0.717, 1.165) is 11.1 Å². The summed E-state index contributed by atoms with van der Waals surface area (Å²) in [5.41, 5.74) is 2.65. The van der Waals surface area contributed by atoms with Crippen LogP contribution in [0.5, 0.6) is 11.5 Å². The summed E-state index contributed by atoms with van der Waals surface area (Å²) in [6, 6.07) is 14.8. The van der Waals surface area contributed by atoms with Gasteiger partial charge in [0, 0.05) is 29.5 Å². The molecule has 0 saturated carbocycles. The van der Waals surface area contributed by atoms with Crippen LogP contribution in [0.4, 0.5) is 0 Å². The molecule has 0 bridgehead atoms. The molecule has 0 fully saturated rings. The number of nitrogens with one attached hydrogen (secondary N) is 1. The largest absolute Gasteiger partial charge is 0.493 e. The van der Waals surface area contributed by atoms with Crippen molar-refractivity contribution in [3.05, 3.63) is 70.9 Å². The van der Waals surface area contributed by atoms with Crippen molar-refractivity contribution >= 4 is 17.7 Å². The number of ether oxygens (including phenoxy) is 3. The SMILES string of the molecule is CCOC(=O)[C@H]1C(=O)C2=C(C[C@H]1c1ccccc1)NC(=O)C[C@H]2c1ccc(OC)c(OC)c1. The van der Waals surface area contributed by atoms with Gasteiger partial charge in [-0.05, 0) is 36.6 Å². The highest BCUT2D eigenvalue weighted by atomic mass is 16.5. The molecule has 2 aliphatic rings. The van der Waals surface area contributed by atoms with Crippen molar-refractivity contribution in [1.82, 2.24) is 5.32 Å². The molecule has 0 unspecified atom stereocenters. The first kappa shape index (κ1) is 22.6. The number of carbonyl (C=O) groups excluding carboxylic acids is 3. The number of benzene rings is 2. The zero-order chi connectivity index (χ0) is 23.5. The number of rotatable bonds is 6. The summed E-state index contributed by atoms with van der Waals surface area (Å²) in [7, 11) is 3.08. The lowest BCUT2D eigenvalue weighted by Crippen LogP contribution is -2.44. The second-order valence-electron chi connectivity index (χ2n) is 8.13. The van der Waals surface area contributed by atoms with Crippen LogP contribution >= 0.6 is 0 Å². The Kier molecular flexibility index (Phi) is 6.49. The maximum Gasteiger partial charge on any atom is 0.317 e. The minimum absolute atomic E-state index is 0.103. The Hall–Kier alpha value is -3.61. The molecular formula is C26H27NO6. The van der Waals surface area contributed by atoms with E-state index in [4.69, 9.17) is 14.2 Å². The summed E-state index contributed by atoms with van der Waals surface area (Å²) in [6.45, 7) is 1.91. The summed E-state index contributed by atoms with van der Waals surface area (Å²) in [6.07, 6.45) is 0.468. The maximum absolute atomic E-state index is 13.9. The van der Waals surface area contributed by atoms with Crippen LogP contribution in [-0.4, -0.2) is 38.5 Å². The van der Waals surface area contributed by atoms with E-state index in [-0.39, 0.29) is 24.7 Å². The molecule has 172 valence electrons. The van der Waals surface area contributed by atoms with Crippen molar-refractivity contribution in [2.45, 2.75) is 31.6 Å². The van der Waals surface area contributed by atoms with Gasteiger partial charge in [-0.3, -0.25) is 14.4 Å². The van der Waals surface area contributed by atoms with Crippen LogP contribution in [0, 0.1) is 5.92 Å². The predicted molar refractivity (Wildman–Crippen MR) is 121 cm³/mol. The summed E-state index contributed by atoms with van der Waals surface area (Å²) in [5, 5.41) is 2.90. The lowest BCUT2D eigenvalue weighted by atomic mass is 9.68. The molecule has 7 heteroatoms. The molecular weight excluding hydrogens is 422 g/mol. The molecule has 1 aliphatic heterocycles. The zero-order valence-electron chi connectivity index (χ0n) is 18.9. The van der Waals surface area contributed by atoms with Crippen LogP contribution in [0.3, 0.4) is 0 Å². The predicted octanol–water partition coefficient (Wildman–Crippen LogP) is 3.50. The van der Waals surface area contributed by atoms with Crippen LogP contribution in [-0.2, 0) is 19.1 Å². The number of allylic oxidation sites excluding steroid dienone is 2. The fourth-order valence-electron chi connectivity index (χ4n) is 4.82. The first-order valence-corrected chi connectivity index (χ1v) is 11.0. The van der Waals surface area contributed by atoms with E-state index in [1.165, 1.54) is 7.11 Å². The standard InChI is InChI=1S/C26H27NO6/c1-4-33-26(30)24-17(15-8-6-5-7-9-15)13-19-23(25(24)29)18(14-22(28)27-19)16-10-11-20(31-2)21(12-16)32-3/h5-12,17-18,24H,4,13-14H2,1-3H3,(H,27,28)/t17-,18-,24+/m0/s1. The third-order valence-corrected chi connectivity index (χ3v) is 6.31. The van der Waals surface area contributed by atoms with E-state index in [0.29, 0.717) is 29.2 Å². The Morgan fingerprint density at radius 2 is 1.70 bits per heavy atom. The maximum atomic E-state index is 13.9. The lowest BCUT2D eigenvalue weighted by Gasteiger charge is -2.38. The third kappa shape index (κ3) is 4.23. The zero-order valence-corrected chi connectivity index (χ0v) is 18.9. The van der Waals surface area contributed by atoms with Gasteiger partial charge in [0.1, 0.15) is 5.92 Å². The van der Waals surface area contributed by atoms with Crippen molar-refractivity contribution in [3.63, 3.8) is 0 Å². The molecule has 33 heavy (non-hydrogen) atoms. The van der Waals surface area contributed by atoms with Crippen LogP contribution in [0.25, 0.3) is 0 Å². The van der Waals surface area contributed by atoms with Gasteiger partial charge < -0.3 is 19.5 Å². The highest BCUT2D eigenvalue weighted by molar-refractivity contribution is 6.12. The van der Waals surface area contributed by atoms with E-state index in [9.17, 15) is 14.4 Å². The van der Waals surface area contributed by atoms with Crippen molar-refractivity contribution < 1.29 is 28.6 Å². The van der Waals surface area contributed by atoms with Gasteiger partial charge in [0.05, 0.1) is 20.8 Å². The first-order valence-electron chi connectivity index (χ1n) is 11.0. The number of amides is 1. The molecule has 2 aromatic carbocycles. The number of ketones is 1. The van der Waals surface area contributed by atoms with E-state index >= 15 is 0 Å². The fourth-order valence-corrected chi connectivity index (χ4v) is 4.82. The van der Waals surface area contributed by atoms with Gasteiger partial charge >= 0.3 is 5.97 Å². The van der Waals surface area contributed by atoms with Crippen LogP contribution in [0.15, 0.2) is 59.8 Å². The Balaban J connectivity index is 1.82. The van der Waals surface area contributed by atoms with Gasteiger partial charge in [-0.15, -0.1) is 0 Å². The van der Waals surface area contributed by atoms with Crippen LogP contribution in [0.1, 0.15) is 42.7 Å².